The first-order chi connectivity index (χ1) is 6.25. The Morgan fingerprint density at radius 1 is 1.31 bits per heavy atom. The molecule has 1 unspecified atom stereocenters. The monoisotopic (exact) mass is 209 g/mol. The highest BCUT2D eigenvalue weighted by Gasteiger charge is 2.29. The van der Waals surface area contributed by atoms with Crippen LogP contribution < -0.4 is 5.73 Å². The summed E-state index contributed by atoms with van der Waals surface area (Å²) in [4.78, 5) is 0. The van der Waals surface area contributed by atoms with E-state index in [9.17, 15) is 8.78 Å². The molecule has 78 valence electrons. The van der Waals surface area contributed by atoms with E-state index in [0.717, 1.165) is 24.3 Å². The van der Waals surface area contributed by atoms with Crippen molar-refractivity contribution in [1.29, 1.82) is 0 Å². The zero-order valence-electron chi connectivity index (χ0n) is 7.72. The number of alkyl halides is 2. The standard InChI is InChI=1S/C9H17F2NS/c10-9(11)8(1-4-12)7-2-5-13-6-3-7/h7-9H,1-6,12H2. The number of halogens is 2. The fraction of sp³-hybridized carbons (Fsp3) is 1.00. The smallest absolute Gasteiger partial charge is 0.241 e. The van der Waals surface area contributed by atoms with Gasteiger partial charge in [0.15, 0.2) is 0 Å². The van der Waals surface area contributed by atoms with Gasteiger partial charge in [-0.15, -0.1) is 0 Å². The predicted octanol–water partition coefficient (Wildman–Crippen LogP) is 2.36. The van der Waals surface area contributed by atoms with E-state index in [0.29, 0.717) is 13.0 Å². The van der Waals surface area contributed by atoms with E-state index in [2.05, 4.69) is 0 Å². The van der Waals surface area contributed by atoms with E-state index >= 15 is 0 Å². The molecule has 0 aromatic rings. The topological polar surface area (TPSA) is 26.0 Å². The van der Waals surface area contributed by atoms with Crippen LogP contribution in [0.15, 0.2) is 0 Å². The molecule has 1 atom stereocenters. The molecule has 1 rings (SSSR count). The molecule has 1 fully saturated rings. The molecular weight excluding hydrogens is 192 g/mol. The van der Waals surface area contributed by atoms with Crippen LogP contribution in [0.2, 0.25) is 0 Å². The molecule has 0 saturated carbocycles. The van der Waals surface area contributed by atoms with Crippen LogP contribution in [0.25, 0.3) is 0 Å². The molecule has 2 N–H and O–H groups in total. The number of thioether (sulfide) groups is 1. The summed E-state index contributed by atoms with van der Waals surface area (Å²) in [5.74, 6) is 1.84. The van der Waals surface area contributed by atoms with Crippen LogP contribution in [-0.4, -0.2) is 24.5 Å². The zero-order chi connectivity index (χ0) is 9.68. The van der Waals surface area contributed by atoms with Crippen LogP contribution in [0.3, 0.4) is 0 Å². The summed E-state index contributed by atoms with van der Waals surface area (Å²) in [7, 11) is 0. The van der Waals surface area contributed by atoms with E-state index in [1.807, 2.05) is 11.8 Å². The van der Waals surface area contributed by atoms with Gasteiger partial charge in [-0.05, 0) is 43.2 Å². The molecule has 0 bridgehead atoms. The Hall–Kier alpha value is 0.170. The molecule has 1 nitrogen and oxygen atoms in total. The first kappa shape index (κ1) is 11.2. The summed E-state index contributed by atoms with van der Waals surface area (Å²) in [5.41, 5.74) is 5.34. The Morgan fingerprint density at radius 2 is 1.92 bits per heavy atom. The lowest BCUT2D eigenvalue weighted by atomic mass is 9.85. The third-order valence-corrected chi connectivity index (χ3v) is 3.74. The predicted molar refractivity (Wildman–Crippen MR) is 53.2 cm³/mol. The zero-order valence-corrected chi connectivity index (χ0v) is 8.53. The lowest BCUT2D eigenvalue weighted by molar-refractivity contribution is 0.0366. The fourth-order valence-corrected chi connectivity index (χ4v) is 3.05. The minimum Gasteiger partial charge on any atom is -0.330 e. The van der Waals surface area contributed by atoms with Crippen molar-refractivity contribution in [3.8, 4) is 0 Å². The van der Waals surface area contributed by atoms with Crippen LogP contribution in [0, 0.1) is 11.8 Å². The highest BCUT2D eigenvalue weighted by molar-refractivity contribution is 7.99. The van der Waals surface area contributed by atoms with Crippen molar-refractivity contribution in [3.05, 3.63) is 0 Å². The highest BCUT2D eigenvalue weighted by atomic mass is 32.2. The fourth-order valence-electron chi connectivity index (χ4n) is 1.90. The van der Waals surface area contributed by atoms with Crippen LogP contribution in [0.5, 0.6) is 0 Å². The Kier molecular flexibility index (Phi) is 5.02. The van der Waals surface area contributed by atoms with Gasteiger partial charge in [-0.2, -0.15) is 11.8 Å². The molecule has 13 heavy (non-hydrogen) atoms. The van der Waals surface area contributed by atoms with Crippen LogP contribution in [0.4, 0.5) is 8.78 Å². The SMILES string of the molecule is NCCC(C(F)F)C1CCSCC1. The molecule has 1 saturated heterocycles. The summed E-state index contributed by atoms with van der Waals surface area (Å²) in [6.07, 6.45) is 0.184. The van der Waals surface area contributed by atoms with Crippen LogP contribution in [0.1, 0.15) is 19.3 Å². The van der Waals surface area contributed by atoms with Gasteiger partial charge in [-0.25, -0.2) is 8.78 Å². The van der Waals surface area contributed by atoms with Gasteiger partial charge in [0.2, 0.25) is 6.43 Å². The maximum Gasteiger partial charge on any atom is 0.241 e. The van der Waals surface area contributed by atoms with Crippen molar-refractivity contribution in [1.82, 2.24) is 0 Å². The largest absolute Gasteiger partial charge is 0.330 e. The van der Waals surface area contributed by atoms with E-state index in [4.69, 9.17) is 5.73 Å². The Bertz CT molecular complexity index is 138. The second kappa shape index (κ2) is 5.81. The van der Waals surface area contributed by atoms with Gasteiger partial charge in [0.25, 0.3) is 0 Å². The molecule has 0 spiro atoms. The van der Waals surface area contributed by atoms with Gasteiger partial charge >= 0.3 is 0 Å². The van der Waals surface area contributed by atoms with E-state index < -0.39 is 12.3 Å². The second-order valence-electron chi connectivity index (χ2n) is 3.53. The van der Waals surface area contributed by atoms with Crippen LogP contribution in [-0.2, 0) is 0 Å². The highest BCUT2D eigenvalue weighted by Crippen LogP contribution is 2.33. The average Bonchev–Trinajstić information content (AvgIpc) is 2.15. The molecule has 0 aromatic carbocycles. The van der Waals surface area contributed by atoms with Crippen molar-refractivity contribution in [2.75, 3.05) is 18.1 Å². The molecule has 0 amide bonds. The lowest BCUT2D eigenvalue weighted by Gasteiger charge is -2.29. The van der Waals surface area contributed by atoms with Gasteiger partial charge < -0.3 is 5.73 Å². The normalized spacial score (nSPS) is 22.2. The summed E-state index contributed by atoms with van der Waals surface area (Å²) in [6, 6.07) is 0. The molecule has 1 aliphatic rings. The minimum absolute atomic E-state index is 0.213. The van der Waals surface area contributed by atoms with E-state index in [-0.39, 0.29) is 5.92 Å². The van der Waals surface area contributed by atoms with Gasteiger partial charge in [-0.3, -0.25) is 0 Å². The molecule has 1 aliphatic heterocycles. The maximum atomic E-state index is 12.6. The Labute approximate surface area is 82.4 Å². The van der Waals surface area contributed by atoms with Gasteiger partial charge in [0, 0.05) is 5.92 Å². The van der Waals surface area contributed by atoms with Crippen molar-refractivity contribution < 1.29 is 8.78 Å². The van der Waals surface area contributed by atoms with Crippen molar-refractivity contribution >= 4 is 11.8 Å². The molecule has 1 heterocycles. The third kappa shape index (κ3) is 3.43. The summed E-state index contributed by atoms with van der Waals surface area (Å²) in [6.45, 7) is 0.388. The number of hydrogen-bond donors (Lipinski definition) is 1. The van der Waals surface area contributed by atoms with Gasteiger partial charge in [-0.1, -0.05) is 0 Å². The summed E-state index contributed by atoms with van der Waals surface area (Å²) >= 11 is 1.87. The Balaban J connectivity index is 2.41. The minimum atomic E-state index is -2.18. The van der Waals surface area contributed by atoms with Crippen molar-refractivity contribution in [2.45, 2.75) is 25.7 Å². The molecule has 0 radical (unpaired) electrons. The molecule has 4 heteroatoms. The second-order valence-corrected chi connectivity index (χ2v) is 4.75. The molecule has 0 aliphatic carbocycles. The average molecular weight is 209 g/mol. The van der Waals surface area contributed by atoms with E-state index in [1.54, 1.807) is 0 Å². The first-order valence-electron chi connectivity index (χ1n) is 4.81. The van der Waals surface area contributed by atoms with Gasteiger partial charge in [0.05, 0.1) is 0 Å². The van der Waals surface area contributed by atoms with E-state index in [1.165, 1.54) is 0 Å². The first-order valence-corrected chi connectivity index (χ1v) is 5.97. The van der Waals surface area contributed by atoms with Gasteiger partial charge in [0.1, 0.15) is 0 Å². The molecular formula is C9H17F2NS. The number of hydrogen-bond acceptors (Lipinski definition) is 2. The van der Waals surface area contributed by atoms with Crippen molar-refractivity contribution in [2.24, 2.45) is 17.6 Å². The van der Waals surface area contributed by atoms with Crippen molar-refractivity contribution in [3.63, 3.8) is 0 Å². The van der Waals surface area contributed by atoms with Crippen LogP contribution >= 0.6 is 11.8 Å². The Morgan fingerprint density at radius 3 is 2.38 bits per heavy atom. The lowest BCUT2D eigenvalue weighted by Crippen LogP contribution is -2.27. The summed E-state index contributed by atoms with van der Waals surface area (Å²) < 4.78 is 25.2. The summed E-state index contributed by atoms with van der Waals surface area (Å²) in [5, 5.41) is 0. The maximum absolute atomic E-state index is 12.6. The quantitative estimate of drug-likeness (QED) is 0.769. The number of nitrogens with two attached hydrogens (primary N) is 1. The molecule has 0 aromatic heterocycles. The number of rotatable bonds is 4. The third-order valence-electron chi connectivity index (χ3n) is 2.70.